The van der Waals surface area contributed by atoms with Crippen LogP contribution in [0.3, 0.4) is 0 Å². The highest BCUT2D eigenvalue weighted by molar-refractivity contribution is 9.10. The van der Waals surface area contributed by atoms with Gasteiger partial charge in [0.05, 0.1) is 0 Å². The first-order valence-corrected chi connectivity index (χ1v) is 4.74. The molecule has 0 aromatic carbocycles. The van der Waals surface area contributed by atoms with Crippen molar-refractivity contribution in [3.05, 3.63) is 17.1 Å². The van der Waals surface area contributed by atoms with Gasteiger partial charge in [0.15, 0.2) is 6.61 Å². The van der Waals surface area contributed by atoms with Crippen LogP contribution in [0.5, 0.6) is 5.88 Å². The lowest BCUT2D eigenvalue weighted by Gasteiger charge is -2.03. The van der Waals surface area contributed by atoms with E-state index in [-0.39, 0.29) is 5.88 Å². The Bertz CT molecular complexity index is 475. The first-order valence-electron chi connectivity index (χ1n) is 3.94. The Labute approximate surface area is 91.2 Å². The zero-order valence-corrected chi connectivity index (χ0v) is 8.86. The number of ether oxygens (including phenoxy) is 1. The van der Waals surface area contributed by atoms with Gasteiger partial charge >= 0.3 is 0 Å². The van der Waals surface area contributed by atoms with Crippen LogP contribution in [-0.4, -0.2) is 32.6 Å². The largest absolute Gasteiger partial charge is 0.469 e. The summed E-state index contributed by atoms with van der Waals surface area (Å²) in [7, 11) is 0. The van der Waals surface area contributed by atoms with Crippen LogP contribution in [-0.2, 0) is 0 Å². The third-order valence-corrected chi connectivity index (χ3v) is 1.88. The second-order valence-electron chi connectivity index (χ2n) is 2.58. The molecule has 0 saturated heterocycles. The molecule has 2 heterocycles. The van der Waals surface area contributed by atoms with Gasteiger partial charge < -0.3 is 4.74 Å². The highest BCUT2D eigenvalue weighted by Crippen LogP contribution is 2.16. The number of rotatable bonds is 3. The van der Waals surface area contributed by atoms with Crippen molar-refractivity contribution in [1.82, 2.24) is 19.6 Å². The summed E-state index contributed by atoms with van der Waals surface area (Å²) in [4.78, 5) is 7.72. The molecule has 0 atom stereocenters. The Kier molecular flexibility index (Phi) is 2.76. The summed E-state index contributed by atoms with van der Waals surface area (Å²) >= 11 is 3.06. The van der Waals surface area contributed by atoms with Gasteiger partial charge in [0, 0.05) is 12.4 Å². The minimum absolute atomic E-state index is 0.0380. The predicted octanol–water partition coefficient (Wildman–Crippen LogP) is 1.53. The van der Waals surface area contributed by atoms with Gasteiger partial charge in [-0.15, -0.1) is 5.10 Å². The fourth-order valence-corrected chi connectivity index (χ4v) is 1.35. The molecule has 0 fully saturated rings. The molecular formula is C7H5BrF2N4O. The van der Waals surface area contributed by atoms with E-state index in [4.69, 9.17) is 4.74 Å². The lowest BCUT2D eigenvalue weighted by atomic mass is 10.6. The van der Waals surface area contributed by atoms with Crippen LogP contribution in [0.1, 0.15) is 0 Å². The summed E-state index contributed by atoms with van der Waals surface area (Å²) in [5, 5.41) is 3.92. The molecule has 0 amide bonds. The maximum atomic E-state index is 11.9. The van der Waals surface area contributed by atoms with Gasteiger partial charge in [-0.3, -0.25) is 0 Å². The van der Waals surface area contributed by atoms with Crippen molar-refractivity contribution < 1.29 is 13.5 Å². The van der Waals surface area contributed by atoms with Crippen LogP contribution < -0.4 is 4.74 Å². The number of alkyl halides is 2. The van der Waals surface area contributed by atoms with Crippen LogP contribution in [0.15, 0.2) is 17.1 Å². The molecular weight excluding hydrogens is 274 g/mol. The van der Waals surface area contributed by atoms with Crippen molar-refractivity contribution in [3.63, 3.8) is 0 Å². The minimum Gasteiger partial charge on any atom is -0.469 e. The summed E-state index contributed by atoms with van der Waals surface area (Å²) in [5.41, 5.74) is 0.296. The second-order valence-corrected chi connectivity index (χ2v) is 3.29. The molecule has 0 bridgehead atoms. The van der Waals surface area contributed by atoms with Crippen LogP contribution in [0, 0.1) is 0 Å². The van der Waals surface area contributed by atoms with Crippen LogP contribution in [0.25, 0.3) is 5.65 Å². The van der Waals surface area contributed by atoms with E-state index >= 15 is 0 Å². The molecule has 0 aliphatic carbocycles. The topological polar surface area (TPSA) is 52.3 Å². The minimum atomic E-state index is -2.54. The van der Waals surface area contributed by atoms with Crippen LogP contribution in [0.4, 0.5) is 8.78 Å². The van der Waals surface area contributed by atoms with Crippen molar-refractivity contribution >= 4 is 21.6 Å². The Balaban J connectivity index is 2.33. The zero-order valence-electron chi connectivity index (χ0n) is 7.27. The van der Waals surface area contributed by atoms with Crippen molar-refractivity contribution in [2.45, 2.75) is 6.43 Å². The molecule has 5 nitrogen and oxygen atoms in total. The van der Waals surface area contributed by atoms with Gasteiger partial charge in [0.25, 0.3) is 12.3 Å². The van der Waals surface area contributed by atoms with E-state index in [9.17, 15) is 8.78 Å². The van der Waals surface area contributed by atoms with E-state index in [1.165, 1.54) is 10.7 Å². The second kappa shape index (κ2) is 4.05. The summed E-state index contributed by atoms with van der Waals surface area (Å²) in [5.74, 6) is 0.0380. The van der Waals surface area contributed by atoms with E-state index < -0.39 is 13.0 Å². The van der Waals surface area contributed by atoms with E-state index in [1.54, 1.807) is 6.20 Å². The molecule has 0 aliphatic rings. The number of fused-ring (bicyclic) bond motifs is 1. The van der Waals surface area contributed by atoms with Crippen molar-refractivity contribution in [1.29, 1.82) is 0 Å². The maximum Gasteiger partial charge on any atom is 0.272 e. The normalized spacial score (nSPS) is 11.2. The number of halogens is 3. The Morgan fingerprint density at radius 3 is 3.07 bits per heavy atom. The number of hydrogen-bond donors (Lipinski definition) is 0. The van der Waals surface area contributed by atoms with Crippen LogP contribution >= 0.6 is 15.9 Å². The molecule has 2 rings (SSSR count). The van der Waals surface area contributed by atoms with Crippen LogP contribution in [0.2, 0.25) is 0 Å². The zero-order chi connectivity index (χ0) is 10.8. The third-order valence-electron chi connectivity index (χ3n) is 1.54. The Morgan fingerprint density at radius 1 is 1.53 bits per heavy atom. The lowest BCUT2D eigenvalue weighted by molar-refractivity contribution is 0.0801. The number of nitrogens with zero attached hydrogens (tertiary/aromatic N) is 4. The molecule has 8 heteroatoms. The molecule has 80 valence electrons. The summed E-state index contributed by atoms with van der Waals surface area (Å²) in [6.45, 7) is -0.711. The van der Waals surface area contributed by atoms with E-state index in [0.717, 1.165) is 0 Å². The maximum absolute atomic E-state index is 11.9. The van der Waals surface area contributed by atoms with E-state index in [2.05, 4.69) is 31.0 Å². The Hall–Kier alpha value is -1.31. The highest BCUT2D eigenvalue weighted by Gasteiger charge is 2.11. The average molecular weight is 279 g/mol. The Morgan fingerprint density at radius 2 is 2.33 bits per heavy atom. The summed E-state index contributed by atoms with van der Waals surface area (Å²) in [6, 6.07) is 0. The fourth-order valence-electron chi connectivity index (χ4n) is 1.01. The van der Waals surface area contributed by atoms with Gasteiger partial charge in [-0.2, -0.15) is 4.98 Å². The van der Waals surface area contributed by atoms with Crippen molar-refractivity contribution in [3.8, 4) is 5.88 Å². The highest BCUT2D eigenvalue weighted by atomic mass is 79.9. The van der Waals surface area contributed by atoms with Crippen molar-refractivity contribution in [2.75, 3.05) is 6.61 Å². The molecule has 0 spiro atoms. The molecule has 0 unspecified atom stereocenters. The van der Waals surface area contributed by atoms with Gasteiger partial charge in [0.2, 0.25) is 10.4 Å². The summed E-state index contributed by atoms with van der Waals surface area (Å²) in [6.07, 6.45) is 0.399. The van der Waals surface area contributed by atoms with Crippen molar-refractivity contribution in [2.24, 2.45) is 0 Å². The third kappa shape index (κ3) is 2.20. The van der Waals surface area contributed by atoms with E-state index in [0.29, 0.717) is 10.4 Å². The molecule has 0 radical (unpaired) electrons. The van der Waals surface area contributed by atoms with Gasteiger partial charge in [-0.1, -0.05) is 0 Å². The molecule has 15 heavy (non-hydrogen) atoms. The lowest BCUT2D eigenvalue weighted by Crippen LogP contribution is -2.09. The molecule has 2 aromatic heterocycles. The average Bonchev–Trinajstić information content (AvgIpc) is 2.55. The first-order chi connectivity index (χ1) is 7.16. The number of hydrogen-bond acceptors (Lipinski definition) is 4. The molecule has 2 aromatic rings. The van der Waals surface area contributed by atoms with E-state index in [1.807, 2.05) is 0 Å². The number of aromatic nitrogens is 4. The molecule has 0 N–H and O–H groups in total. The molecule has 0 aliphatic heterocycles. The fraction of sp³-hybridized carbons (Fsp3) is 0.286. The summed E-state index contributed by atoms with van der Waals surface area (Å²) < 4.78 is 30.4. The monoisotopic (exact) mass is 278 g/mol. The predicted molar refractivity (Wildman–Crippen MR) is 50.0 cm³/mol. The van der Waals surface area contributed by atoms with Gasteiger partial charge in [0.1, 0.15) is 0 Å². The van der Waals surface area contributed by atoms with Gasteiger partial charge in [-0.25, -0.2) is 18.3 Å². The molecule has 0 saturated carbocycles. The first kappa shape index (κ1) is 10.2. The SMILES string of the molecule is FC(F)COc1nccn2nc(Br)nc12. The smallest absolute Gasteiger partial charge is 0.272 e. The van der Waals surface area contributed by atoms with Gasteiger partial charge in [-0.05, 0) is 15.9 Å². The quantitative estimate of drug-likeness (QED) is 0.855. The standard InChI is InChI=1S/C7H5BrF2N4O/c8-7-12-5-6(15-3-4(9)10)11-1-2-14(5)13-7/h1-2,4H,3H2.